The summed E-state index contributed by atoms with van der Waals surface area (Å²) < 4.78 is 4.38. The summed E-state index contributed by atoms with van der Waals surface area (Å²) in [7, 11) is 0. The maximum Gasteiger partial charge on any atom is 0.252 e. The third-order valence-electron chi connectivity index (χ3n) is 4.21. The van der Waals surface area contributed by atoms with Crippen molar-refractivity contribution in [1.29, 1.82) is 0 Å². The van der Waals surface area contributed by atoms with Gasteiger partial charge in [-0.25, -0.2) is 9.97 Å². The minimum atomic E-state index is -0.0772. The van der Waals surface area contributed by atoms with E-state index in [0.29, 0.717) is 12.1 Å². The molecule has 3 rings (SSSR count). The van der Waals surface area contributed by atoms with Crippen LogP contribution in [0.4, 0.5) is 10.9 Å². The average Bonchev–Trinajstić information content (AvgIpc) is 2.99. The number of nitrogens with zero attached hydrogens (tertiary/aromatic N) is 5. The highest BCUT2D eigenvalue weighted by atomic mass is 32.1. The third kappa shape index (κ3) is 4.25. The molecule has 1 amide bonds. The van der Waals surface area contributed by atoms with Crippen molar-refractivity contribution in [2.24, 2.45) is 0 Å². The largest absolute Gasteiger partial charge is 0.355 e. The van der Waals surface area contributed by atoms with Crippen molar-refractivity contribution >= 4 is 28.4 Å². The van der Waals surface area contributed by atoms with Gasteiger partial charge in [-0.1, -0.05) is 6.92 Å². The molecule has 2 aromatic heterocycles. The first-order valence-electron chi connectivity index (χ1n) is 8.78. The fraction of sp³-hybridized carbons (Fsp3) is 0.529. The molecule has 0 aromatic carbocycles. The number of nitrogens with one attached hydrogen (secondary N) is 1. The van der Waals surface area contributed by atoms with E-state index in [1.807, 2.05) is 19.1 Å². The smallest absolute Gasteiger partial charge is 0.252 e. The van der Waals surface area contributed by atoms with Crippen LogP contribution in [-0.2, 0) is 6.42 Å². The lowest BCUT2D eigenvalue weighted by Gasteiger charge is -2.22. The quantitative estimate of drug-likeness (QED) is 0.879. The summed E-state index contributed by atoms with van der Waals surface area (Å²) in [6, 6.07) is 3.77. The third-order valence-corrected chi connectivity index (χ3v) is 5.03. The standard InChI is InChI=1S/C17H24N6OS/c1-3-14-20-17(25-21-14)23-9-5-8-22(10-11-23)15-7-6-13(12-19-15)16(24)18-4-2/h6-7,12H,3-5,8-11H2,1-2H3,(H,18,24). The van der Waals surface area contributed by atoms with Crippen LogP contribution in [0.2, 0.25) is 0 Å². The fourth-order valence-electron chi connectivity index (χ4n) is 2.82. The summed E-state index contributed by atoms with van der Waals surface area (Å²) in [6.45, 7) is 8.31. The van der Waals surface area contributed by atoms with E-state index in [-0.39, 0.29) is 5.91 Å². The van der Waals surface area contributed by atoms with E-state index in [0.717, 1.165) is 55.8 Å². The molecular formula is C17H24N6OS. The van der Waals surface area contributed by atoms with Crippen LogP contribution >= 0.6 is 11.5 Å². The average molecular weight is 360 g/mol. The lowest BCUT2D eigenvalue weighted by atomic mass is 10.2. The Kier molecular flexibility index (Phi) is 5.80. The molecule has 8 heteroatoms. The second-order valence-electron chi connectivity index (χ2n) is 5.94. The van der Waals surface area contributed by atoms with Gasteiger partial charge in [0.05, 0.1) is 5.56 Å². The predicted molar refractivity (Wildman–Crippen MR) is 101 cm³/mol. The molecule has 1 aliphatic rings. The lowest BCUT2D eigenvalue weighted by Crippen LogP contribution is -2.31. The zero-order chi connectivity index (χ0) is 17.6. The Hall–Kier alpha value is -2.22. The van der Waals surface area contributed by atoms with Crippen LogP contribution in [0.3, 0.4) is 0 Å². The van der Waals surface area contributed by atoms with Gasteiger partial charge in [-0.3, -0.25) is 4.79 Å². The number of aryl methyl sites for hydroxylation is 1. The molecule has 1 fully saturated rings. The van der Waals surface area contributed by atoms with Crippen LogP contribution < -0.4 is 15.1 Å². The van der Waals surface area contributed by atoms with Crippen LogP contribution in [0.25, 0.3) is 0 Å². The Labute approximate surface area is 152 Å². The summed E-state index contributed by atoms with van der Waals surface area (Å²) in [6.07, 6.45) is 3.57. The van der Waals surface area contributed by atoms with Crippen molar-refractivity contribution < 1.29 is 4.79 Å². The Bertz CT molecular complexity index is 701. The van der Waals surface area contributed by atoms with Crippen LogP contribution in [0.5, 0.6) is 0 Å². The first-order valence-corrected chi connectivity index (χ1v) is 9.55. The first kappa shape index (κ1) is 17.6. The lowest BCUT2D eigenvalue weighted by molar-refractivity contribution is 0.0955. The second-order valence-corrected chi connectivity index (χ2v) is 6.67. The van der Waals surface area contributed by atoms with E-state index in [1.165, 1.54) is 11.5 Å². The first-order chi connectivity index (χ1) is 12.2. The number of aromatic nitrogens is 3. The Morgan fingerprint density at radius 2 is 2.00 bits per heavy atom. The molecule has 0 saturated carbocycles. The molecule has 3 heterocycles. The second kappa shape index (κ2) is 8.24. The molecule has 0 spiro atoms. The number of hydrogen-bond acceptors (Lipinski definition) is 7. The number of carbonyl (C=O) groups is 1. The molecule has 25 heavy (non-hydrogen) atoms. The molecule has 2 aromatic rings. The zero-order valence-corrected chi connectivity index (χ0v) is 15.6. The summed E-state index contributed by atoms with van der Waals surface area (Å²) in [5.41, 5.74) is 0.600. The molecular weight excluding hydrogens is 336 g/mol. The summed E-state index contributed by atoms with van der Waals surface area (Å²) in [5, 5.41) is 3.80. The molecule has 1 saturated heterocycles. The summed E-state index contributed by atoms with van der Waals surface area (Å²) >= 11 is 1.48. The van der Waals surface area contributed by atoms with Gasteiger partial charge < -0.3 is 15.1 Å². The Morgan fingerprint density at radius 1 is 1.20 bits per heavy atom. The normalized spacial score (nSPS) is 15.1. The van der Waals surface area contributed by atoms with Crippen molar-refractivity contribution in [3.63, 3.8) is 0 Å². The molecule has 0 atom stereocenters. The fourth-order valence-corrected chi connectivity index (χ4v) is 3.63. The number of anilines is 2. The van der Waals surface area contributed by atoms with Gasteiger partial charge in [0.1, 0.15) is 11.6 Å². The Balaban J connectivity index is 1.63. The van der Waals surface area contributed by atoms with Crippen molar-refractivity contribution in [3.8, 4) is 0 Å². The van der Waals surface area contributed by atoms with Gasteiger partial charge >= 0.3 is 0 Å². The van der Waals surface area contributed by atoms with Crippen molar-refractivity contribution in [2.75, 3.05) is 42.5 Å². The molecule has 1 N–H and O–H groups in total. The molecule has 0 radical (unpaired) electrons. The van der Waals surface area contributed by atoms with Gasteiger partial charge in [-0.05, 0) is 25.5 Å². The molecule has 0 unspecified atom stereocenters. The van der Waals surface area contributed by atoms with Crippen LogP contribution in [0.1, 0.15) is 36.5 Å². The van der Waals surface area contributed by atoms with E-state index in [9.17, 15) is 4.79 Å². The number of amides is 1. The minimum Gasteiger partial charge on any atom is -0.355 e. The monoisotopic (exact) mass is 360 g/mol. The van der Waals surface area contributed by atoms with Gasteiger partial charge in [0.15, 0.2) is 0 Å². The van der Waals surface area contributed by atoms with E-state index >= 15 is 0 Å². The van der Waals surface area contributed by atoms with Crippen LogP contribution in [0, 0.1) is 0 Å². The zero-order valence-electron chi connectivity index (χ0n) is 14.7. The SMILES string of the molecule is CCNC(=O)c1ccc(N2CCCN(c3nc(CC)ns3)CC2)nc1. The Morgan fingerprint density at radius 3 is 2.68 bits per heavy atom. The van der Waals surface area contributed by atoms with E-state index in [1.54, 1.807) is 6.20 Å². The summed E-state index contributed by atoms with van der Waals surface area (Å²) in [4.78, 5) is 25.5. The molecule has 0 aliphatic carbocycles. The number of carbonyl (C=O) groups excluding carboxylic acids is 1. The van der Waals surface area contributed by atoms with Gasteiger partial charge in [-0.2, -0.15) is 4.37 Å². The topological polar surface area (TPSA) is 74.2 Å². The maximum absolute atomic E-state index is 11.8. The highest BCUT2D eigenvalue weighted by Gasteiger charge is 2.19. The van der Waals surface area contributed by atoms with Gasteiger partial charge in [0.25, 0.3) is 5.91 Å². The minimum absolute atomic E-state index is 0.0772. The summed E-state index contributed by atoms with van der Waals surface area (Å²) in [5.74, 6) is 1.76. The molecule has 7 nitrogen and oxygen atoms in total. The van der Waals surface area contributed by atoms with Gasteiger partial charge in [0.2, 0.25) is 5.13 Å². The molecule has 1 aliphatic heterocycles. The highest BCUT2D eigenvalue weighted by molar-refractivity contribution is 7.09. The van der Waals surface area contributed by atoms with E-state index < -0.39 is 0 Å². The number of hydrogen-bond donors (Lipinski definition) is 1. The molecule has 0 bridgehead atoms. The van der Waals surface area contributed by atoms with E-state index in [2.05, 4.69) is 36.4 Å². The maximum atomic E-state index is 11.8. The van der Waals surface area contributed by atoms with Crippen LogP contribution in [-0.4, -0.2) is 53.0 Å². The van der Waals surface area contributed by atoms with Crippen molar-refractivity contribution in [2.45, 2.75) is 26.7 Å². The van der Waals surface area contributed by atoms with E-state index in [4.69, 9.17) is 0 Å². The van der Waals surface area contributed by atoms with Crippen molar-refractivity contribution in [3.05, 3.63) is 29.7 Å². The molecule has 134 valence electrons. The van der Waals surface area contributed by atoms with Crippen LogP contribution in [0.15, 0.2) is 18.3 Å². The highest BCUT2D eigenvalue weighted by Crippen LogP contribution is 2.21. The van der Waals surface area contributed by atoms with Gasteiger partial charge in [-0.15, -0.1) is 0 Å². The van der Waals surface area contributed by atoms with Gasteiger partial charge in [0, 0.05) is 56.9 Å². The number of rotatable bonds is 5. The predicted octanol–water partition coefficient (Wildman–Crippen LogP) is 1.96. The van der Waals surface area contributed by atoms with Crippen molar-refractivity contribution in [1.82, 2.24) is 19.7 Å². The number of pyridine rings is 1.